The van der Waals surface area contributed by atoms with Crippen LogP contribution in [0.2, 0.25) is 0 Å². The Bertz CT molecular complexity index is 292. The van der Waals surface area contributed by atoms with Gasteiger partial charge >= 0.3 is 0 Å². The fourth-order valence-electron chi connectivity index (χ4n) is 1.14. The molecule has 1 aromatic heterocycles. The van der Waals surface area contributed by atoms with Crippen molar-refractivity contribution in [1.82, 2.24) is 9.97 Å². The Balaban J connectivity index is 2.30. The number of nitrogens with one attached hydrogen (secondary N) is 2. The number of rotatable bonds is 6. The molecule has 6 heteroatoms. The quantitative estimate of drug-likeness (QED) is 0.308. The molecule has 1 rings (SSSR count). The lowest BCUT2D eigenvalue weighted by atomic mass is 10.2. The van der Waals surface area contributed by atoms with Gasteiger partial charge in [-0.25, -0.2) is 10.8 Å². The predicted molar refractivity (Wildman–Crippen MR) is 59.2 cm³/mol. The van der Waals surface area contributed by atoms with E-state index in [1.165, 1.54) is 0 Å². The fraction of sp³-hybridized carbons (Fsp3) is 0.556. The van der Waals surface area contributed by atoms with Gasteiger partial charge in [-0.15, -0.1) is 0 Å². The van der Waals surface area contributed by atoms with E-state index < -0.39 is 0 Å². The van der Waals surface area contributed by atoms with Crippen LogP contribution in [0.5, 0.6) is 0 Å². The summed E-state index contributed by atoms with van der Waals surface area (Å²) in [5.41, 5.74) is 2.37. The largest absolute Gasteiger partial charge is 0.393 e. The lowest BCUT2D eigenvalue weighted by molar-refractivity contribution is 0.183. The van der Waals surface area contributed by atoms with Crippen LogP contribution in [0.3, 0.4) is 0 Å². The molecule has 1 atom stereocenters. The minimum atomic E-state index is -0.251. The van der Waals surface area contributed by atoms with Gasteiger partial charge in [-0.05, 0) is 25.8 Å². The van der Waals surface area contributed by atoms with Crippen LogP contribution < -0.4 is 16.6 Å². The molecular formula is C9H17N5O. The summed E-state index contributed by atoms with van der Waals surface area (Å²) in [6.07, 6.45) is 3.05. The average molecular weight is 211 g/mol. The van der Waals surface area contributed by atoms with E-state index in [0.717, 1.165) is 25.2 Å². The molecule has 0 aliphatic carbocycles. The molecule has 1 aromatic rings. The topological polar surface area (TPSA) is 96.1 Å². The van der Waals surface area contributed by atoms with Crippen LogP contribution in [0, 0.1) is 0 Å². The normalized spacial score (nSPS) is 12.2. The Kier molecular flexibility index (Phi) is 4.79. The molecule has 15 heavy (non-hydrogen) atoms. The number of hydrazine groups is 1. The SMILES string of the molecule is CC(O)CCCNc1ccnc(NN)n1. The molecule has 5 N–H and O–H groups in total. The van der Waals surface area contributed by atoms with Crippen molar-refractivity contribution in [2.75, 3.05) is 17.3 Å². The maximum atomic E-state index is 9.05. The van der Waals surface area contributed by atoms with Crippen molar-refractivity contribution in [3.8, 4) is 0 Å². The van der Waals surface area contributed by atoms with Crippen molar-refractivity contribution < 1.29 is 5.11 Å². The van der Waals surface area contributed by atoms with Gasteiger partial charge in [0.1, 0.15) is 5.82 Å². The van der Waals surface area contributed by atoms with Gasteiger partial charge in [0.05, 0.1) is 6.10 Å². The van der Waals surface area contributed by atoms with Crippen molar-refractivity contribution in [3.05, 3.63) is 12.3 Å². The summed E-state index contributed by atoms with van der Waals surface area (Å²) in [5, 5.41) is 12.2. The fourth-order valence-corrected chi connectivity index (χ4v) is 1.14. The third kappa shape index (κ3) is 4.57. The molecule has 0 spiro atoms. The highest BCUT2D eigenvalue weighted by Gasteiger charge is 1.98. The second-order valence-corrected chi connectivity index (χ2v) is 3.33. The van der Waals surface area contributed by atoms with Crippen LogP contribution >= 0.6 is 0 Å². The van der Waals surface area contributed by atoms with Crippen LogP contribution in [0.15, 0.2) is 12.3 Å². The highest BCUT2D eigenvalue weighted by atomic mass is 16.3. The number of aliphatic hydroxyl groups excluding tert-OH is 1. The maximum absolute atomic E-state index is 9.05. The van der Waals surface area contributed by atoms with Crippen LogP contribution in [-0.4, -0.2) is 27.7 Å². The van der Waals surface area contributed by atoms with Crippen molar-refractivity contribution in [3.63, 3.8) is 0 Å². The van der Waals surface area contributed by atoms with E-state index in [4.69, 9.17) is 10.9 Å². The van der Waals surface area contributed by atoms with Crippen LogP contribution in [0.4, 0.5) is 11.8 Å². The molecule has 1 unspecified atom stereocenters. The molecule has 0 radical (unpaired) electrons. The Morgan fingerprint density at radius 2 is 2.40 bits per heavy atom. The van der Waals surface area contributed by atoms with E-state index in [1.54, 1.807) is 19.2 Å². The molecule has 0 saturated carbocycles. The second-order valence-electron chi connectivity index (χ2n) is 3.33. The third-order valence-corrected chi connectivity index (χ3v) is 1.89. The van der Waals surface area contributed by atoms with Gasteiger partial charge < -0.3 is 10.4 Å². The summed E-state index contributed by atoms with van der Waals surface area (Å²) in [6, 6.07) is 1.77. The molecule has 84 valence electrons. The van der Waals surface area contributed by atoms with Crippen molar-refractivity contribution in [2.24, 2.45) is 5.84 Å². The average Bonchev–Trinajstić information content (AvgIpc) is 2.24. The lowest BCUT2D eigenvalue weighted by Crippen LogP contribution is -2.12. The zero-order chi connectivity index (χ0) is 11.1. The summed E-state index contributed by atoms with van der Waals surface area (Å²) < 4.78 is 0. The molecule has 6 nitrogen and oxygen atoms in total. The van der Waals surface area contributed by atoms with Gasteiger partial charge in [0.25, 0.3) is 0 Å². The first kappa shape index (κ1) is 11.7. The Morgan fingerprint density at radius 3 is 3.07 bits per heavy atom. The number of hydrogen-bond acceptors (Lipinski definition) is 6. The van der Waals surface area contributed by atoms with E-state index in [0.29, 0.717) is 5.95 Å². The van der Waals surface area contributed by atoms with Crippen LogP contribution in [0.25, 0.3) is 0 Å². The zero-order valence-electron chi connectivity index (χ0n) is 8.77. The number of aliphatic hydroxyl groups is 1. The highest BCUT2D eigenvalue weighted by Crippen LogP contribution is 2.05. The van der Waals surface area contributed by atoms with E-state index >= 15 is 0 Å². The predicted octanol–water partition coefficient (Wildman–Crippen LogP) is 0.335. The van der Waals surface area contributed by atoms with E-state index in [2.05, 4.69) is 20.7 Å². The molecule has 0 fully saturated rings. The molecule has 0 aliphatic heterocycles. The highest BCUT2D eigenvalue weighted by molar-refractivity contribution is 5.38. The molecule has 0 aromatic carbocycles. The number of nitrogen functional groups attached to an aromatic ring is 1. The lowest BCUT2D eigenvalue weighted by Gasteiger charge is -2.07. The van der Waals surface area contributed by atoms with Crippen molar-refractivity contribution in [2.45, 2.75) is 25.9 Å². The molecular weight excluding hydrogens is 194 g/mol. The maximum Gasteiger partial charge on any atom is 0.239 e. The number of nitrogens with two attached hydrogens (primary N) is 1. The third-order valence-electron chi connectivity index (χ3n) is 1.89. The van der Waals surface area contributed by atoms with Gasteiger partial charge in [-0.3, -0.25) is 5.43 Å². The molecule has 0 aliphatic rings. The summed E-state index contributed by atoms with van der Waals surface area (Å²) in [5.74, 6) is 6.29. The minimum absolute atomic E-state index is 0.251. The molecule has 1 heterocycles. The zero-order valence-corrected chi connectivity index (χ0v) is 8.77. The molecule has 0 bridgehead atoms. The first-order valence-corrected chi connectivity index (χ1v) is 4.94. The minimum Gasteiger partial charge on any atom is -0.393 e. The van der Waals surface area contributed by atoms with E-state index in [-0.39, 0.29) is 6.10 Å². The number of anilines is 2. The molecule has 0 saturated heterocycles. The smallest absolute Gasteiger partial charge is 0.239 e. The van der Waals surface area contributed by atoms with Crippen LogP contribution in [-0.2, 0) is 0 Å². The molecule has 0 amide bonds. The number of hydrogen-bond donors (Lipinski definition) is 4. The standard InChI is InChI=1S/C9H17N5O/c1-7(15)3-2-5-11-8-4-6-12-9(13-8)14-10/h4,6-7,15H,2-3,5,10H2,1H3,(H2,11,12,13,14). The number of nitrogens with zero attached hydrogens (tertiary/aromatic N) is 2. The van der Waals surface area contributed by atoms with Gasteiger partial charge in [0.15, 0.2) is 0 Å². The van der Waals surface area contributed by atoms with Crippen LogP contribution in [0.1, 0.15) is 19.8 Å². The van der Waals surface area contributed by atoms with Gasteiger partial charge in [-0.2, -0.15) is 4.98 Å². The summed E-state index contributed by atoms with van der Waals surface area (Å²) in [7, 11) is 0. The number of aromatic nitrogens is 2. The first-order chi connectivity index (χ1) is 7.22. The van der Waals surface area contributed by atoms with E-state index in [9.17, 15) is 0 Å². The first-order valence-electron chi connectivity index (χ1n) is 4.94. The Labute approximate surface area is 88.9 Å². The van der Waals surface area contributed by atoms with Crippen molar-refractivity contribution in [1.29, 1.82) is 0 Å². The van der Waals surface area contributed by atoms with E-state index in [1.807, 2.05) is 0 Å². The van der Waals surface area contributed by atoms with Gasteiger partial charge in [-0.1, -0.05) is 0 Å². The van der Waals surface area contributed by atoms with Gasteiger partial charge in [0, 0.05) is 12.7 Å². The second kappa shape index (κ2) is 6.15. The summed E-state index contributed by atoms with van der Waals surface area (Å²) in [4.78, 5) is 7.97. The summed E-state index contributed by atoms with van der Waals surface area (Å²) in [6.45, 7) is 2.55. The Morgan fingerprint density at radius 1 is 1.60 bits per heavy atom. The Hall–Kier alpha value is -1.40. The van der Waals surface area contributed by atoms with Gasteiger partial charge in [0.2, 0.25) is 5.95 Å². The monoisotopic (exact) mass is 211 g/mol. The van der Waals surface area contributed by atoms with Crippen molar-refractivity contribution >= 4 is 11.8 Å². The summed E-state index contributed by atoms with van der Waals surface area (Å²) >= 11 is 0.